The molecular formula is C26H29F3N2O8. The summed E-state index contributed by atoms with van der Waals surface area (Å²) < 4.78 is 69.3. The fraction of sp³-hybridized carbons (Fsp3) is 0.500. The predicted molar refractivity (Wildman–Crippen MR) is 131 cm³/mol. The van der Waals surface area contributed by atoms with Crippen LogP contribution in [0.1, 0.15) is 41.9 Å². The number of carbonyl (C=O) groups is 1. The highest BCUT2D eigenvalue weighted by molar-refractivity contribution is 5.95. The normalized spacial score (nSPS) is 19.2. The second-order valence-electron chi connectivity index (χ2n) is 8.47. The van der Waals surface area contributed by atoms with Gasteiger partial charge in [0.05, 0.1) is 25.9 Å². The topological polar surface area (TPSA) is 107 Å². The molecule has 2 heterocycles. The van der Waals surface area contributed by atoms with E-state index < -0.39 is 47.3 Å². The highest BCUT2D eigenvalue weighted by atomic mass is 19.4. The molecule has 0 radical (unpaired) electrons. The van der Waals surface area contributed by atoms with Crippen molar-refractivity contribution in [3.63, 3.8) is 0 Å². The Morgan fingerprint density at radius 3 is 2.51 bits per heavy atom. The first-order valence-electron chi connectivity index (χ1n) is 12.2. The van der Waals surface area contributed by atoms with Gasteiger partial charge in [0.15, 0.2) is 0 Å². The van der Waals surface area contributed by atoms with Gasteiger partial charge in [0, 0.05) is 24.8 Å². The summed E-state index contributed by atoms with van der Waals surface area (Å²) in [5, 5.41) is 0. The maximum absolute atomic E-state index is 13.8. The standard InChI is InChI=1S/C26H29F3N2O8/c1-3-10-35-12-13-36-17-37-16-21-20(38-11-4-2)14-22(39-21)30-15-19(26(27,28)29)24(33)31(25(30)34)23(32)18-8-6-5-7-9-18/h2,5-9,15,20-22H,3,10-14,16-17H2,1H3/t20-,21+,22+/m0/s1. The number of hydrogen-bond donors (Lipinski definition) is 0. The van der Waals surface area contributed by atoms with E-state index in [9.17, 15) is 27.6 Å². The van der Waals surface area contributed by atoms with Crippen molar-refractivity contribution in [1.29, 1.82) is 0 Å². The van der Waals surface area contributed by atoms with Crippen molar-refractivity contribution in [3.05, 3.63) is 68.5 Å². The number of alkyl halides is 3. The zero-order valence-corrected chi connectivity index (χ0v) is 21.2. The molecular weight excluding hydrogens is 525 g/mol. The van der Waals surface area contributed by atoms with Crippen molar-refractivity contribution in [2.45, 2.75) is 44.4 Å². The third-order valence-corrected chi connectivity index (χ3v) is 5.68. The van der Waals surface area contributed by atoms with Crippen LogP contribution < -0.4 is 11.2 Å². The van der Waals surface area contributed by atoms with Gasteiger partial charge >= 0.3 is 11.9 Å². The largest absolute Gasteiger partial charge is 0.423 e. The number of nitrogens with zero attached hydrogens (tertiary/aromatic N) is 2. The van der Waals surface area contributed by atoms with Gasteiger partial charge in [-0.3, -0.25) is 14.2 Å². The van der Waals surface area contributed by atoms with E-state index in [1.807, 2.05) is 6.92 Å². The third kappa shape index (κ3) is 7.87. The Morgan fingerprint density at radius 1 is 1.13 bits per heavy atom. The summed E-state index contributed by atoms with van der Waals surface area (Å²) in [7, 11) is 0. The van der Waals surface area contributed by atoms with Crippen LogP contribution in [0.5, 0.6) is 0 Å². The molecule has 10 nitrogen and oxygen atoms in total. The van der Waals surface area contributed by atoms with Gasteiger partial charge in [-0.1, -0.05) is 31.0 Å². The molecule has 3 atom stereocenters. The molecule has 0 bridgehead atoms. The lowest BCUT2D eigenvalue weighted by Gasteiger charge is -2.19. The van der Waals surface area contributed by atoms with Crippen LogP contribution >= 0.6 is 0 Å². The first kappa shape index (κ1) is 30.3. The van der Waals surface area contributed by atoms with Crippen molar-refractivity contribution in [3.8, 4) is 12.3 Å². The van der Waals surface area contributed by atoms with Crippen molar-refractivity contribution in [1.82, 2.24) is 9.13 Å². The molecule has 0 amide bonds. The first-order chi connectivity index (χ1) is 18.7. The molecule has 1 saturated heterocycles. The molecule has 0 spiro atoms. The minimum Gasteiger partial charge on any atom is -0.379 e. The van der Waals surface area contributed by atoms with Crippen LogP contribution in [-0.4, -0.2) is 67.1 Å². The van der Waals surface area contributed by atoms with Gasteiger partial charge < -0.3 is 23.7 Å². The van der Waals surface area contributed by atoms with Crippen LogP contribution in [-0.2, 0) is 29.9 Å². The van der Waals surface area contributed by atoms with Crippen LogP contribution in [0.3, 0.4) is 0 Å². The number of terminal acetylenes is 1. The van der Waals surface area contributed by atoms with Crippen molar-refractivity contribution in [2.24, 2.45) is 0 Å². The van der Waals surface area contributed by atoms with Crippen LogP contribution in [0.4, 0.5) is 13.2 Å². The Kier molecular flexibility index (Phi) is 11.0. The van der Waals surface area contributed by atoms with Gasteiger partial charge in [0.25, 0.3) is 11.5 Å². The van der Waals surface area contributed by atoms with Gasteiger partial charge in [-0.2, -0.15) is 17.7 Å². The number of aromatic nitrogens is 2. The zero-order valence-electron chi connectivity index (χ0n) is 21.2. The van der Waals surface area contributed by atoms with Crippen LogP contribution in [0, 0.1) is 12.3 Å². The lowest BCUT2D eigenvalue weighted by atomic mass is 10.2. The molecule has 1 aliphatic rings. The van der Waals surface area contributed by atoms with E-state index in [1.54, 1.807) is 6.07 Å². The molecule has 1 aromatic heterocycles. The first-order valence-corrected chi connectivity index (χ1v) is 12.2. The molecule has 0 unspecified atom stereocenters. The number of benzene rings is 1. The number of ether oxygens (including phenoxy) is 5. The predicted octanol–water partition coefficient (Wildman–Crippen LogP) is 2.44. The van der Waals surface area contributed by atoms with Gasteiger partial charge in [-0.05, 0) is 18.6 Å². The van der Waals surface area contributed by atoms with Gasteiger partial charge in [-0.25, -0.2) is 4.79 Å². The molecule has 1 aliphatic heterocycles. The van der Waals surface area contributed by atoms with Gasteiger partial charge in [-0.15, -0.1) is 6.42 Å². The average molecular weight is 555 g/mol. The van der Waals surface area contributed by atoms with E-state index in [1.165, 1.54) is 24.3 Å². The quantitative estimate of drug-likeness (QED) is 0.211. The lowest BCUT2D eigenvalue weighted by molar-refractivity contribution is -0.140. The van der Waals surface area contributed by atoms with Crippen molar-refractivity contribution >= 4 is 5.91 Å². The van der Waals surface area contributed by atoms with E-state index in [2.05, 4.69) is 5.92 Å². The summed E-state index contributed by atoms with van der Waals surface area (Å²) in [5.41, 5.74) is -4.92. The van der Waals surface area contributed by atoms with Gasteiger partial charge in [0.1, 0.15) is 31.3 Å². The Balaban J connectivity index is 1.85. The SMILES string of the molecule is C#CCO[C@H]1C[C@H](n2cc(C(F)(F)F)c(=O)n(C(=O)c3ccccc3)c2=O)O[C@@H]1COCOCCOCCC. The Bertz CT molecular complexity index is 1250. The fourth-order valence-electron chi connectivity index (χ4n) is 3.86. The number of halogens is 3. The maximum atomic E-state index is 13.8. The second-order valence-corrected chi connectivity index (χ2v) is 8.47. The molecule has 3 rings (SSSR count). The van der Waals surface area contributed by atoms with E-state index in [0.29, 0.717) is 24.0 Å². The smallest absolute Gasteiger partial charge is 0.379 e. The minimum absolute atomic E-state index is 0.0445. The van der Waals surface area contributed by atoms with Crippen LogP contribution in [0.25, 0.3) is 0 Å². The maximum Gasteiger partial charge on any atom is 0.423 e. The summed E-state index contributed by atoms with van der Waals surface area (Å²) in [6.45, 7) is 2.92. The molecule has 0 aliphatic carbocycles. The van der Waals surface area contributed by atoms with Crippen molar-refractivity contribution < 1.29 is 41.7 Å². The molecule has 212 valence electrons. The van der Waals surface area contributed by atoms with Crippen LogP contribution in [0.15, 0.2) is 46.1 Å². The number of hydrogen-bond acceptors (Lipinski definition) is 8. The number of carbonyl (C=O) groups excluding carboxylic acids is 1. The van der Waals surface area contributed by atoms with E-state index in [-0.39, 0.29) is 43.2 Å². The fourth-order valence-corrected chi connectivity index (χ4v) is 3.86. The molecule has 0 saturated carbocycles. The summed E-state index contributed by atoms with van der Waals surface area (Å²) in [5.74, 6) is 1.09. The summed E-state index contributed by atoms with van der Waals surface area (Å²) in [6, 6.07) is 7.02. The van der Waals surface area contributed by atoms with E-state index >= 15 is 0 Å². The molecule has 13 heteroatoms. The van der Waals surface area contributed by atoms with Crippen LogP contribution in [0.2, 0.25) is 0 Å². The Morgan fingerprint density at radius 2 is 1.85 bits per heavy atom. The van der Waals surface area contributed by atoms with Crippen molar-refractivity contribution in [2.75, 3.05) is 39.8 Å². The lowest BCUT2D eigenvalue weighted by Crippen LogP contribution is -2.47. The van der Waals surface area contributed by atoms with E-state index in [0.717, 1.165) is 6.42 Å². The minimum atomic E-state index is -5.15. The molecule has 0 N–H and O–H groups in total. The van der Waals surface area contributed by atoms with Gasteiger partial charge in [0.2, 0.25) is 0 Å². The molecule has 2 aromatic rings. The average Bonchev–Trinajstić information content (AvgIpc) is 3.31. The zero-order chi connectivity index (χ0) is 28.4. The summed E-state index contributed by atoms with van der Waals surface area (Å²) in [6.07, 6.45) is -1.66. The van der Waals surface area contributed by atoms with E-state index in [4.69, 9.17) is 30.1 Å². The highest BCUT2D eigenvalue weighted by Crippen LogP contribution is 2.32. The number of rotatable bonds is 13. The summed E-state index contributed by atoms with van der Waals surface area (Å²) in [4.78, 5) is 38.8. The summed E-state index contributed by atoms with van der Waals surface area (Å²) >= 11 is 0. The molecule has 1 aromatic carbocycles. The monoisotopic (exact) mass is 554 g/mol. The highest BCUT2D eigenvalue weighted by Gasteiger charge is 2.41. The molecule has 1 fully saturated rings. The Hall–Kier alpha value is -3.28. The Labute approximate surface area is 222 Å². The second kappa shape index (κ2) is 14.2. The third-order valence-electron chi connectivity index (χ3n) is 5.68. The molecule has 39 heavy (non-hydrogen) atoms.